The van der Waals surface area contributed by atoms with Crippen LogP contribution in [-0.4, -0.2) is 44.0 Å². The summed E-state index contributed by atoms with van der Waals surface area (Å²) in [5, 5.41) is 2.59. The molecule has 2 aliphatic rings. The highest BCUT2D eigenvalue weighted by Gasteiger charge is 2.48. The van der Waals surface area contributed by atoms with Crippen molar-refractivity contribution in [3.05, 3.63) is 12.7 Å². The van der Waals surface area contributed by atoms with Gasteiger partial charge in [-0.3, -0.25) is 0 Å². The Labute approximate surface area is 118 Å². The lowest BCUT2D eigenvalue weighted by Gasteiger charge is -2.40. The van der Waals surface area contributed by atoms with Gasteiger partial charge in [0.25, 0.3) is 0 Å². The lowest BCUT2D eigenvalue weighted by atomic mass is 9.72. The van der Waals surface area contributed by atoms with Gasteiger partial charge in [0, 0.05) is 18.4 Å². The minimum Gasteiger partial charge on any atom is -0.461 e. The maximum absolute atomic E-state index is 11.8. The zero-order chi connectivity index (χ0) is 14.4. The molecule has 0 radical (unpaired) electrons. The molecule has 1 atom stereocenters. The molecule has 0 spiro atoms. The van der Waals surface area contributed by atoms with Crippen LogP contribution in [0.25, 0.3) is 0 Å². The van der Waals surface area contributed by atoms with Gasteiger partial charge in [-0.2, -0.15) is 0 Å². The standard InChI is InChI=1S/C14H21NO5/c1-2-12(16)19-9-7-15-13(17)20-14(6-8-18-10-14)11-4-3-5-11/h2,11H,1,3-10H2,(H,15,17). The van der Waals surface area contributed by atoms with E-state index in [0.717, 1.165) is 25.3 Å². The summed E-state index contributed by atoms with van der Waals surface area (Å²) in [6, 6.07) is 0. The molecule has 6 heteroatoms. The zero-order valence-electron chi connectivity index (χ0n) is 11.6. The van der Waals surface area contributed by atoms with Crippen LogP contribution in [0.2, 0.25) is 0 Å². The van der Waals surface area contributed by atoms with Crippen LogP contribution in [0.5, 0.6) is 0 Å². The number of hydrogen-bond donors (Lipinski definition) is 1. The number of hydrogen-bond acceptors (Lipinski definition) is 5. The summed E-state index contributed by atoms with van der Waals surface area (Å²) < 4.78 is 15.8. The molecular weight excluding hydrogens is 262 g/mol. The molecule has 2 fully saturated rings. The fraction of sp³-hybridized carbons (Fsp3) is 0.714. The Morgan fingerprint density at radius 2 is 2.25 bits per heavy atom. The minimum atomic E-state index is -0.504. The Kier molecular flexibility index (Phi) is 5.00. The van der Waals surface area contributed by atoms with Crippen molar-refractivity contribution in [2.24, 2.45) is 5.92 Å². The smallest absolute Gasteiger partial charge is 0.407 e. The van der Waals surface area contributed by atoms with E-state index in [4.69, 9.17) is 14.2 Å². The molecule has 20 heavy (non-hydrogen) atoms. The highest BCUT2D eigenvalue weighted by molar-refractivity contribution is 5.81. The van der Waals surface area contributed by atoms with E-state index < -0.39 is 17.7 Å². The van der Waals surface area contributed by atoms with Crippen LogP contribution in [0.1, 0.15) is 25.7 Å². The molecule has 6 nitrogen and oxygen atoms in total. The molecule has 0 aromatic heterocycles. The van der Waals surface area contributed by atoms with Crippen molar-refractivity contribution in [1.29, 1.82) is 0 Å². The number of nitrogens with one attached hydrogen (secondary N) is 1. The van der Waals surface area contributed by atoms with Crippen molar-refractivity contribution in [2.45, 2.75) is 31.3 Å². The third-order valence-corrected chi connectivity index (χ3v) is 3.94. The van der Waals surface area contributed by atoms with Gasteiger partial charge in [-0.1, -0.05) is 13.0 Å². The topological polar surface area (TPSA) is 73.9 Å². The van der Waals surface area contributed by atoms with Crippen molar-refractivity contribution < 1.29 is 23.8 Å². The largest absolute Gasteiger partial charge is 0.461 e. The van der Waals surface area contributed by atoms with E-state index in [1.165, 1.54) is 6.42 Å². The van der Waals surface area contributed by atoms with E-state index in [0.29, 0.717) is 19.1 Å². The Bertz CT molecular complexity index is 372. The molecule has 112 valence electrons. The molecule has 1 saturated heterocycles. The predicted molar refractivity (Wildman–Crippen MR) is 71.1 cm³/mol. The van der Waals surface area contributed by atoms with Gasteiger partial charge in [0.1, 0.15) is 12.2 Å². The van der Waals surface area contributed by atoms with Crippen molar-refractivity contribution in [1.82, 2.24) is 5.32 Å². The summed E-state index contributed by atoms with van der Waals surface area (Å²) in [6.07, 6.45) is 4.74. The first kappa shape index (κ1) is 14.8. The van der Waals surface area contributed by atoms with Crippen molar-refractivity contribution >= 4 is 12.1 Å². The van der Waals surface area contributed by atoms with Crippen LogP contribution in [0.4, 0.5) is 4.79 Å². The number of amides is 1. The Balaban J connectivity index is 1.72. The second-order valence-electron chi connectivity index (χ2n) is 5.18. The van der Waals surface area contributed by atoms with Crippen LogP contribution in [-0.2, 0) is 19.0 Å². The summed E-state index contributed by atoms with van der Waals surface area (Å²) >= 11 is 0. The minimum absolute atomic E-state index is 0.104. The lowest BCUT2D eigenvalue weighted by molar-refractivity contribution is -0.137. The van der Waals surface area contributed by atoms with Gasteiger partial charge < -0.3 is 19.5 Å². The monoisotopic (exact) mass is 283 g/mol. The van der Waals surface area contributed by atoms with Gasteiger partial charge in [-0.15, -0.1) is 0 Å². The molecule has 1 unspecified atom stereocenters. The lowest BCUT2D eigenvalue weighted by Crippen LogP contribution is -2.48. The van der Waals surface area contributed by atoms with Crippen molar-refractivity contribution in [3.8, 4) is 0 Å². The number of carbonyl (C=O) groups excluding carboxylic acids is 2. The number of ether oxygens (including phenoxy) is 3. The van der Waals surface area contributed by atoms with E-state index in [1.54, 1.807) is 0 Å². The average Bonchev–Trinajstić information content (AvgIpc) is 2.81. The maximum atomic E-state index is 11.8. The highest BCUT2D eigenvalue weighted by atomic mass is 16.6. The third-order valence-electron chi connectivity index (χ3n) is 3.94. The average molecular weight is 283 g/mol. The van der Waals surface area contributed by atoms with E-state index in [2.05, 4.69) is 11.9 Å². The van der Waals surface area contributed by atoms with Crippen LogP contribution < -0.4 is 5.32 Å². The van der Waals surface area contributed by atoms with Crippen LogP contribution >= 0.6 is 0 Å². The van der Waals surface area contributed by atoms with E-state index in [1.807, 2.05) is 0 Å². The zero-order valence-corrected chi connectivity index (χ0v) is 11.6. The van der Waals surface area contributed by atoms with Crippen molar-refractivity contribution in [2.75, 3.05) is 26.4 Å². The highest BCUT2D eigenvalue weighted by Crippen LogP contribution is 2.43. The summed E-state index contributed by atoms with van der Waals surface area (Å²) in [5.41, 5.74) is -0.458. The molecule has 1 N–H and O–H groups in total. The molecule has 1 heterocycles. The van der Waals surface area contributed by atoms with E-state index in [-0.39, 0.29) is 13.2 Å². The van der Waals surface area contributed by atoms with Crippen LogP contribution in [0, 0.1) is 5.92 Å². The Hall–Kier alpha value is -1.56. The van der Waals surface area contributed by atoms with Gasteiger partial charge >= 0.3 is 12.1 Å². The number of alkyl carbamates (subject to hydrolysis) is 1. The van der Waals surface area contributed by atoms with E-state index in [9.17, 15) is 9.59 Å². The van der Waals surface area contributed by atoms with Crippen LogP contribution in [0.3, 0.4) is 0 Å². The van der Waals surface area contributed by atoms with Gasteiger partial charge in [0.15, 0.2) is 0 Å². The maximum Gasteiger partial charge on any atom is 0.407 e. The van der Waals surface area contributed by atoms with Crippen LogP contribution in [0.15, 0.2) is 12.7 Å². The number of carbonyl (C=O) groups is 2. The molecule has 0 aromatic rings. The summed E-state index contributed by atoms with van der Waals surface area (Å²) in [6.45, 7) is 4.74. The van der Waals surface area contributed by atoms with Gasteiger partial charge in [0.2, 0.25) is 0 Å². The normalized spacial score (nSPS) is 25.6. The fourth-order valence-corrected chi connectivity index (χ4v) is 2.57. The molecule has 1 aliphatic carbocycles. The summed E-state index contributed by atoms with van der Waals surface area (Å²) in [4.78, 5) is 22.6. The number of rotatable bonds is 6. The first-order valence-electron chi connectivity index (χ1n) is 7.00. The molecule has 1 saturated carbocycles. The number of esters is 1. The summed E-state index contributed by atoms with van der Waals surface area (Å²) in [5.74, 6) is -0.0929. The fourth-order valence-electron chi connectivity index (χ4n) is 2.57. The van der Waals surface area contributed by atoms with Gasteiger partial charge in [-0.25, -0.2) is 9.59 Å². The predicted octanol–water partition coefficient (Wildman–Crippen LogP) is 1.40. The molecule has 0 aromatic carbocycles. The molecule has 1 amide bonds. The molecule has 1 aliphatic heterocycles. The SMILES string of the molecule is C=CC(=O)OCCNC(=O)OC1(C2CCC2)CCOC1. The Morgan fingerprint density at radius 1 is 1.45 bits per heavy atom. The third kappa shape index (κ3) is 3.50. The second-order valence-corrected chi connectivity index (χ2v) is 5.18. The molecular formula is C14H21NO5. The van der Waals surface area contributed by atoms with Crippen molar-refractivity contribution in [3.63, 3.8) is 0 Å². The van der Waals surface area contributed by atoms with E-state index >= 15 is 0 Å². The second kappa shape index (κ2) is 6.74. The first-order valence-corrected chi connectivity index (χ1v) is 7.00. The summed E-state index contributed by atoms with van der Waals surface area (Å²) in [7, 11) is 0. The Morgan fingerprint density at radius 3 is 2.80 bits per heavy atom. The first-order chi connectivity index (χ1) is 9.66. The van der Waals surface area contributed by atoms with Gasteiger partial charge in [-0.05, 0) is 12.8 Å². The van der Waals surface area contributed by atoms with Gasteiger partial charge in [0.05, 0.1) is 19.8 Å². The molecule has 2 rings (SSSR count). The molecule has 0 bridgehead atoms. The quantitative estimate of drug-likeness (QED) is 0.453.